The van der Waals surface area contributed by atoms with Crippen molar-refractivity contribution in [2.45, 2.75) is 31.8 Å². The number of nitrogens with zero attached hydrogens (tertiary/aromatic N) is 2. The van der Waals surface area contributed by atoms with Crippen LogP contribution in [0.15, 0.2) is 18.2 Å². The number of aromatic nitrogens is 2. The molecule has 1 saturated carbocycles. The van der Waals surface area contributed by atoms with E-state index in [9.17, 15) is 9.18 Å². The molecule has 1 fully saturated rings. The number of carbonyl (C=O) groups is 1. The normalized spacial score (nSPS) is 20.0. The topological polar surface area (TPSA) is 75.0 Å². The molecule has 128 valence electrons. The zero-order valence-corrected chi connectivity index (χ0v) is 14.4. The summed E-state index contributed by atoms with van der Waals surface area (Å²) < 4.78 is 13.2. The van der Waals surface area contributed by atoms with Crippen molar-refractivity contribution >= 4 is 41.8 Å². The fraction of sp³-hybridized carbons (Fsp3) is 0.467. The lowest BCUT2D eigenvalue weighted by Crippen LogP contribution is -2.32. The highest BCUT2D eigenvalue weighted by Crippen LogP contribution is 2.26. The third-order valence-electron chi connectivity index (χ3n) is 4.08. The van der Waals surface area contributed by atoms with E-state index in [4.69, 9.17) is 5.73 Å². The molecular weight excluding hydrogens is 342 g/mol. The Morgan fingerprint density at radius 1 is 1.43 bits per heavy atom. The maximum absolute atomic E-state index is 13.2. The second-order valence-corrected chi connectivity index (χ2v) is 5.81. The molecule has 2 atom stereocenters. The molecule has 23 heavy (non-hydrogen) atoms. The molecule has 8 heteroatoms. The lowest BCUT2D eigenvalue weighted by atomic mass is 10.1. The molecule has 1 aromatic carbocycles. The fourth-order valence-corrected chi connectivity index (χ4v) is 2.96. The molecule has 3 rings (SSSR count). The van der Waals surface area contributed by atoms with Crippen molar-refractivity contribution in [1.82, 2.24) is 14.9 Å². The molecule has 0 radical (unpaired) electrons. The van der Waals surface area contributed by atoms with Crippen molar-refractivity contribution in [3.8, 4) is 0 Å². The number of carbonyl (C=O) groups excluding carboxylic acids is 1. The van der Waals surface area contributed by atoms with Crippen molar-refractivity contribution < 1.29 is 9.18 Å². The Morgan fingerprint density at radius 2 is 2.17 bits per heavy atom. The molecular formula is C15H21Cl2FN4O. The van der Waals surface area contributed by atoms with Gasteiger partial charge in [-0.15, -0.1) is 24.8 Å². The van der Waals surface area contributed by atoms with Crippen LogP contribution in [0, 0.1) is 11.7 Å². The first-order valence-electron chi connectivity index (χ1n) is 7.17. The molecule has 1 aliphatic rings. The van der Waals surface area contributed by atoms with Crippen LogP contribution in [0.1, 0.15) is 25.1 Å². The van der Waals surface area contributed by atoms with Crippen LogP contribution in [0.3, 0.4) is 0 Å². The molecule has 0 unspecified atom stereocenters. The minimum Gasteiger partial charge on any atom is -0.340 e. The van der Waals surface area contributed by atoms with Gasteiger partial charge in [0.05, 0.1) is 17.6 Å². The Labute approximate surface area is 146 Å². The molecule has 1 heterocycles. The van der Waals surface area contributed by atoms with Crippen molar-refractivity contribution in [3.63, 3.8) is 0 Å². The second-order valence-electron chi connectivity index (χ2n) is 5.81. The SMILES string of the molecule is CN(Cc1nc2ccc(F)cc2[nH]1)C(=O)[C@H]1CC[C@@H](N)C1.Cl.Cl. The zero-order chi connectivity index (χ0) is 15.0. The quantitative estimate of drug-likeness (QED) is 0.880. The number of H-pyrrole nitrogens is 1. The third kappa shape index (κ3) is 4.34. The summed E-state index contributed by atoms with van der Waals surface area (Å²) in [6, 6.07) is 4.55. The number of halogens is 3. The number of amides is 1. The summed E-state index contributed by atoms with van der Waals surface area (Å²) in [5.74, 6) is 0.484. The Morgan fingerprint density at radius 3 is 2.83 bits per heavy atom. The fourth-order valence-electron chi connectivity index (χ4n) is 2.96. The first kappa shape index (κ1) is 19.7. The van der Waals surface area contributed by atoms with Gasteiger partial charge >= 0.3 is 0 Å². The smallest absolute Gasteiger partial charge is 0.225 e. The highest BCUT2D eigenvalue weighted by atomic mass is 35.5. The summed E-state index contributed by atoms with van der Waals surface area (Å²) in [4.78, 5) is 21.4. The minimum absolute atomic E-state index is 0. The van der Waals surface area contributed by atoms with Gasteiger partial charge in [0.1, 0.15) is 11.6 Å². The average molecular weight is 363 g/mol. The Kier molecular flexibility index (Phi) is 6.80. The van der Waals surface area contributed by atoms with Crippen molar-refractivity contribution in [2.24, 2.45) is 11.7 Å². The van der Waals surface area contributed by atoms with Crippen LogP contribution < -0.4 is 5.73 Å². The Bertz CT molecular complexity index is 679. The summed E-state index contributed by atoms with van der Waals surface area (Å²) in [5, 5.41) is 0. The van der Waals surface area contributed by atoms with Gasteiger partial charge in [-0.05, 0) is 37.5 Å². The minimum atomic E-state index is -0.304. The molecule has 0 aliphatic heterocycles. The molecule has 0 saturated heterocycles. The van der Waals surface area contributed by atoms with Crippen LogP contribution in [-0.2, 0) is 11.3 Å². The number of rotatable bonds is 3. The lowest BCUT2D eigenvalue weighted by Gasteiger charge is -2.19. The molecule has 0 bridgehead atoms. The van der Waals surface area contributed by atoms with Gasteiger partial charge in [0, 0.05) is 19.0 Å². The van der Waals surface area contributed by atoms with Crippen molar-refractivity contribution in [2.75, 3.05) is 7.05 Å². The van der Waals surface area contributed by atoms with Gasteiger partial charge in [-0.25, -0.2) is 9.37 Å². The van der Waals surface area contributed by atoms with Crippen molar-refractivity contribution in [3.05, 3.63) is 29.8 Å². The number of hydrogen-bond donors (Lipinski definition) is 2. The van der Waals surface area contributed by atoms with Gasteiger partial charge in [0.25, 0.3) is 0 Å². The Hall–Kier alpha value is -1.37. The predicted molar refractivity (Wildman–Crippen MR) is 92.3 cm³/mol. The molecule has 1 aliphatic carbocycles. The maximum atomic E-state index is 13.2. The lowest BCUT2D eigenvalue weighted by molar-refractivity contribution is -0.134. The van der Waals surface area contributed by atoms with E-state index in [1.807, 2.05) is 0 Å². The standard InChI is InChI=1S/C15H19FN4O.2ClH/c1-20(15(21)9-2-4-11(17)6-9)8-14-18-12-5-3-10(16)7-13(12)19-14;;/h3,5,7,9,11H,2,4,6,8,17H2,1H3,(H,18,19);2*1H/t9-,11+;;/m0../s1. The van der Waals surface area contributed by atoms with E-state index >= 15 is 0 Å². The van der Waals surface area contributed by atoms with Crippen LogP contribution in [0.4, 0.5) is 4.39 Å². The van der Waals surface area contributed by atoms with E-state index in [0.717, 1.165) is 19.3 Å². The van der Waals surface area contributed by atoms with E-state index in [-0.39, 0.29) is 48.5 Å². The number of hydrogen-bond acceptors (Lipinski definition) is 3. The van der Waals surface area contributed by atoms with E-state index in [1.165, 1.54) is 12.1 Å². The van der Waals surface area contributed by atoms with E-state index in [1.54, 1.807) is 18.0 Å². The largest absolute Gasteiger partial charge is 0.340 e. The number of nitrogens with two attached hydrogens (primary N) is 1. The summed E-state index contributed by atoms with van der Waals surface area (Å²) in [6.07, 6.45) is 2.53. The Balaban J connectivity index is 0.00000132. The van der Waals surface area contributed by atoms with Gasteiger partial charge in [0.15, 0.2) is 0 Å². The van der Waals surface area contributed by atoms with E-state index < -0.39 is 0 Å². The van der Waals surface area contributed by atoms with Gasteiger partial charge < -0.3 is 15.6 Å². The number of aromatic amines is 1. The summed E-state index contributed by atoms with van der Waals surface area (Å²) >= 11 is 0. The number of imidazole rings is 1. The monoisotopic (exact) mass is 362 g/mol. The highest BCUT2D eigenvalue weighted by molar-refractivity contribution is 5.85. The first-order chi connectivity index (χ1) is 10.0. The summed E-state index contributed by atoms with van der Waals surface area (Å²) in [5.41, 5.74) is 7.21. The second kappa shape index (κ2) is 7.95. The van der Waals surface area contributed by atoms with Gasteiger partial charge in [-0.3, -0.25) is 4.79 Å². The number of fused-ring (bicyclic) bond motifs is 1. The molecule has 1 aromatic heterocycles. The van der Waals surface area contributed by atoms with Crippen LogP contribution in [-0.4, -0.2) is 33.9 Å². The molecule has 5 nitrogen and oxygen atoms in total. The van der Waals surface area contributed by atoms with Crippen LogP contribution in [0.2, 0.25) is 0 Å². The van der Waals surface area contributed by atoms with Gasteiger partial charge in [-0.2, -0.15) is 0 Å². The van der Waals surface area contributed by atoms with Crippen LogP contribution >= 0.6 is 24.8 Å². The van der Waals surface area contributed by atoms with E-state index in [0.29, 0.717) is 23.4 Å². The zero-order valence-electron chi connectivity index (χ0n) is 12.8. The van der Waals surface area contributed by atoms with E-state index in [2.05, 4.69) is 9.97 Å². The number of nitrogens with one attached hydrogen (secondary N) is 1. The van der Waals surface area contributed by atoms with Gasteiger partial charge in [-0.1, -0.05) is 0 Å². The maximum Gasteiger partial charge on any atom is 0.225 e. The first-order valence-corrected chi connectivity index (χ1v) is 7.17. The molecule has 2 aromatic rings. The summed E-state index contributed by atoms with van der Waals surface area (Å²) in [7, 11) is 1.76. The van der Waals surface area contributed by atoms with Crippen LogP contribution in [0.25, 0.3) is 11.0 Å². The summed E-state index contributed by atoms with van der Waals surface area (Å²) in [6.45, 7) is 0.390. The van der Waals surface area contributed by atoms with Crippen molar-refractivity contribution in [1.29, 1.82) is 0 Å². The number of benzene rings is 1. The van der Waals surface area contributed by atoms with Gasteiger partial charge in [0.2, 0.25) is 5.91 Å². The predicted octanol–water partition coefficient (Wildman–Crippen LogP) is 2.63. The molecule has 3 N–H and O–H groups in total. The molecule has 0 spiro atoms. The van der Waals surface area contributed by atoms with Crippen LogP contribution in [0.5, 0.6) is 0 Å². The molecule has 1 amide bonds. The third-order valence-corrected chi connectivity index (χ3v) is 4.08. The highest BCUT2D eigenvalue weighted by Gasteiger charge is 2.30. The average Bonchev–Trinajstić information content (AvgIpc) is 3.03.